The first kappa shape index (κ1) is 13.0. The standard InChI is InChI=1S/C14H23NO/c1-10(2)12-7-8-14(16-4)13(9-12)6-5-11(3)15/h7-11H,5-6,15H2,1-4H3. The van der Waals surface area contributed by atoms with E-state index in [2.05, 4.69) is 32.0 Å². The van der Waals surface area contributed by atoms with Crippen LogP contribution in [0.4, 0.5) is 0 Å². The quantitative estimate of drug-likeness (QED) is 0.829. The molecule has 16 heavy (non-hydrogen) atoms. The second-order valence-electron chi connectivity index (χ2n) is 4.74. The molecule has 2 heteroatoms. The average molecular weight is 221 g/mol. The highest BCUT2D eigenvalue weighted by Gasteiger charge is 2.07. The van der Waals surface area contributed by atoms with E-state index in [9.17, 15) is 0 Å². The van der Waals surface area contributed by atoms with Crippen molar-refractivity contribution in [3.05, 3.63) is 29.3 Å². The van der Waals surface area contributed by atoms with E-state index in [1.807, 2.05) is 6.92 Å². The Labute approximate surface area is 98.8 Å². The first-order chi connectivity index (χ1) is 7.54. The van der Waals surface area contributed by atoms with E-state index in [1.165, 1.54) is 11.1 Å². The minimum Gasteiger partial charge on any atom is -0.496 e. The molecule has 0 spiro atoms. The van der Waals surface area contributed by atoms with Gasteiger partial charge >= 0.3 is 0 Å². The number of rotatable bonds is 5. The molecule has 0 aliphatic heterocycles. The molecule has 0 bridgehead atoms. The van der Waals surface area contributed by atoms with Gasteiger partial charge in [-0.25, -0.2) is 0 Å². The first-order valence-electron chi connectivity index (χ1n) is 5.97. The number of hydrogen-bond acceptors (Lipinski definition) is 2. The van der Waals surface area contributed by atoms with Crippen LogP contribution in [-0.2, 0) is 6.42 Å². The predicted molar refractivity (Wildman–Crippen MR) is 69.1 cm³/mol. The van der Waals surface area contributed by atoms with Crippen molar-refractivity contribution in [1.82, 2.24) is 0 Å². The van der Waals surface area contributed by atoms with Gasteiger partial charge in [-0.1, -0.05) is 26.0 Å². The predicted octanol–water partition coefficient (Wildman–Crippen LogP) is 3.10. The van der Waals surface area contributed by atoms with E-state index in [0.29, 0.717) is 5.92 Å². The van der Waals surface area contributed by atoms with Crippen molar-refractivity contribution < 1.29 is 4.74 Å². The van der Waals surface area contributed by atoms with Gasteiger partial charge in [0, 0.05) is 6.04 Å². The molecule has 0 heterocycles. The summed E-state index contributed by atoms with van der Waals surface area (Å²) in [6, 6.07) is 6.68. The number of methoxy groups -OCH3 is 1. The van der Waals surface area contributed by atoms with Crippen molar-refractivity contribution >= 4 is 0 Å². The van der Waals surface area contributed by atoms with E-state index in [-0.39, 0.29) is 6.04 Å². The molecule has 0 aliphatic carbocycles. The smallest absolute Gasteiger partial charge is 0.122 e. The van der Waals surface area contributed by atoms with Gasteiger partial charge in [0.25, 0.3) is 0 Å². The van der Waals surface area contributed by atoms with Crippen molar-refractivity contribution in [3.8, 4) is 5.75 Å². The Hall–Kier alpha value is -1.02. The Morgan fingerprint density at radius 1 is 1.25 bits per heavy atom. The molecule has 90 valence electrons. The lowest BCUT2D eigenvalue weighted by atomic mass is 9.97. The Morgan fingerprint density at radius 3 is 2.44 bits per heavy atom. The van der Waals surface area contributed by atoms with E-state index < -0.39 is 0 Å². The summed E-state index contributed by atoms with van der Waals surface area (Å²) in [6.07, 6.45) is 1.99. The van der Waals surface area contributed by atoms with Crippen LogP contribution in [0.25, 0.3) is 0 Å². The molecule has 2 nitrogen and oxygen atoms in total. The SMILES string of the molecule is COc1ccc(C(C)C)cc1CCC(C)N. The van der Waals surface area contributed by atoms with E-state index in [1.54, 1.807) is 7.11 Å². The molecule has 0 saturated carbocycles. The average Bonchev–Trinajstić information content (AvgIpc) is 2.25. The lowest BCUT2D eigenvalue weighted by Crippen LogP contribution is -2.15. The summed E-state index contributed by atoms with van der Waals surface area (Å²) in [6.45, 7) is 6.45. The van der Waals surface area contributed by atoms with Gasteiger partial charge in [-0.2, -0.15) is 0 Å². The highest BCUT2D eigenvalue weighted by atomic mass is 16.5. The van der Waals surface area contributed by atoms with Gasteiger partial charge in [0.2, 0.25) is 0 Å². The topological polar surface area (TPSA) is 35.2 Å². The van der Waals surface area contributed by atoms with Crippen LogP contribution in [0.2, 0.25) is 0 Å². The minimum absolute atomic E-state index is 0.243. The molecular formula is C14H23NO. The van der Waals surface area contributed by atoms with Crippen LogP contribution in [0, 0.1) is 0 Å². The highest BCUT2D eigenvalue weighted by Crippen LogP contribution is 2.25. The largest absolute Gasteiger partial charge is 0.496 e. The van der Waals surface area contributed by atoms with Crippen molar-refractivity contribution in [2.24, 2.45) is 5.73 Å². The maximum Gasteiger partial charge on any atom is 0.122 e. The van der Waals surface area contributed by atoms with E-state index >= 15 is 0 Å². The van der Waals surface area contributed by atoms with Gasteiger partial charge in [0.1, 0.15) is 5.75 Å². The molecule has 1 rings (SSSR count). The van der Waals surface area contributed by atoms with Crippen molar-refractivity contribution in [2.75, 3.05) is 7.11 Å². The Morgan fingerprint density at radius 2 is 1.94 bits per heavy atom. The Balaban J connectivity index is 2.88. The third-order valence-electron chi connectivity index (χ3n) is 2.84. The van der Waals surface area contributed by atoms with Crippen LogP contribution >= 0.6 is 0 Å². The van der Waals surface area contributed by atoms with Crippen LogP contribution in [0.1, 0.15) is 44.2 Å². The van der Waals surface area contributed by atoms with Crippen LogP contribution < -0.4 is 10.5 Å². The maximum atomic E-state index is 5.79. The molecule has 1 atom stereocenters. The maximum absolute atomic E-state index is 5.79. The van der Waals surface area contributed by atoms with Gasteiger partial charge in [-0.05, 0) is 42.9 Å². The fraction of sp³-hybridized carbons (Fsp3) is 0.571. The molecule has 0 aromatic heterocycles. The Bertz CT molecular complexity index is 332. The highest BCUT2D eigenvalue weighted by molar-refractivity contribution is 5.38. The number of ether oxygens (including phenoxy) is 1. The van der Waals surface area contributed by atoms with E-state index in [0.717, 1.165) is 18.6 Å². The van der Waals surface area contributed by atoms with Crippen LogP contribution in [0.3, 0.4) is 0 Å². The van der Waals surface area contributed by atoms with Crippen LogP contribution in [0.15, 0.2) is 18.2 Å². The monoisotopic (exact) mass is 221 g/mol. The van der Waals surface area contributed by atoms with E-state index in [4.69, 9.17) is 10.5 Å². The fourth-order valence-electron chi connectivity index (χ4n) is 1.74. The second kappa shape index (κ2) is 5.90. The fourth-order valence-corrected chi connectivity index (χ4v) is 1.74. The van der Waals surface area contributed by atoms with Gasteiger partial charge in [-0.15, -0.1) is 0 Å². The van der Waals surface area contributed by atoms with Gasteiger partial charge in [0.05, 0.1) is 7.11 Å². The van der Waals surface area contributed by atoms with Gasteiger partial charge in [0.15, 0.2) is 0 Å². The van der Waals surface area contributed by atoms with Crippen molar-refractivity contribution in [2.45, 2.75) is 45.6 Å². The third kappa shape index (κ3) is 3.53. The number of aryl methyl sites for hydroxylation is 1. The van der Waals surface area contributed by atoms with Crippen molar-refractivity contribution in [3.63, 3.8) is 0 Å². The van der Waals surface area contributed by atoms with Crippen LogP contribution in [-0.4, -0.2) is 13.2 Å². The second-order valence-corrected chi connectivity index (χ2v) is 4.74. The molecule has 0 saturated heterocycles. The first-order valence-corrected chi connectivity index (χ1v) is 5.97. The lowest BCUT2D eigenvalue weighted by molar-refractivity contribution is 0.408. The molecular weight excluding hydrogens is 198 g/mol. The minimum atomic E-state index is 0.243. The lowest BCUT2D eigenvalue weighted by Gasteiger charge is -2.13. The zero-order chi connectivity index (χ0) is 12.1. The summed E-state index contributed by atoms with van der Waals surface area (Å²) >= 11 is 0. The molecule has 1 unspecified atom stereocenters. The molecule has 1 aromatic rings. The number of nitrogens with two attached hydrogens (primary N) is 1. The summed E-state index contributed by atoms with van der Waals surface area (Å²) in [4.78, 5) is 0. The zero-order valence-corrected chi connectivity index (χ0v) is 10.8. The molecule has 1 aromatic carbocycles. The third-order valence-corrected chi connectivity index (χ3v) is 2.84. The summed E-state index contributed by atoms with van der Waals surface area (Å²) in [5, 5.41) is 0. The molecule has 2 N–H and O–H groups in total. The molecule has 0 radical (unpaired) electrons. The normalized spacial score (nSPS) is 12.9. The summed E-state index contributed by atoms with van der Waals surface area (Å²) in [5.74, 6) is 1.53. The Kier molecular flexibility index (Phi) is 4.81. The molecule has 0 amide bonds. The zero-order valence-electron chi connectivity index (χ0n) is 10.8. The molecule has 0 aliphatic rings. The van der Waals surface area contributed by atoms with Crippen LogP contribution in [0.5, 0.6) is 5.75 Å². The summed E-state index contributed by atoms with van der Waals surface area (Å²) in [5.41, 5.74) is 8.42. The summed E-state index contributed by atoms with van der Waals surface area (Å²) in [7, 11) is 1.72. The number of benzene rings is 1. The van der Waals surface area contributed by atoms with Gasteiger partial charge in [-0.3, -0.25) is 0 Å². The van der Waals surface area contributed by atoms with Gasteiger partial charge < -0.3 is 10.5 Å². The molecule has 0 fully saturated rings. The number of hydrogen-bond donors (Lipinski definition) is 1. The summed E-state index contributed by atoms with van der Waals surface area (Å²) < 4.78 is 5.37. The van der Waals surface area contributed by atoms with Crippen molar-refractivity contribution in [1.29, 1.82) is 0 Å².